The third-order valence-electron chi connectivity index (χ3n) is 5.89. The van der Waals surface area contributed by atoms with E-state index in [1.54, 1.807) is 7.11 Å². The standard InChI is InChI=1S/C15H23NO/c1-14(9-16,10-17-2)15-6-11-3-12(7-15)5-13(4-11)8-15/h11-13H,3-8,10H2,1-2H3. The summed E-state index contributed by atoms with van der Waals surface area (Å²) in [5, 5.41) is 9.65. The third kappa shape index (κ3) is 1.55. The van der Waals surface area contributed by atoms with Gasteiger partial charge in [-0.15, -0.1) is 0 Å². The monoisotopic (exact) mass is 233 g/mol. The van der Waals surface area contributed by atoms with Gasteiger partial charge in [-0.1, -0.05) is 0 Å². The topological polar surface area (TPSA) is 33.0 Å². The molecule has 2 heteroatoms. The molecule has 1 atom stereocenters. The van der Waals surface area contributed by atoms with Crippen LogP contribution < -0.4 is 0 Å². The molecule has 4 bridgehead atoms. The molecule has 94 valence electrons. The first-order valence-electron chi connectivity index (χ1n) is 7.01. The molecule has 4 aliphatic rings. The van der Waals surface area contributed by atoms with E-state index in [2.05, 4.69) is 13.0 Å². The number of methoxy groups -OCH3 is 1. The first-order chi connectivity index (χ1) is 8.11. The van der Waals surface area contributed by atoms with Crippen molar-refractivity contribution < 1.29 is 4.74 Å². The second-order valence-electron chi connectivity index (χ2n) is 7.07. The minimum absolute atomic E-state index is 0.266. The molecule has 4 rings (SSSR count). The Balaban J connectivity index is 1.93. The van der Waals surface area contributed by atoms with Crippen LogP contribution in [0.5, 0.6) is 0 Å². The summed E-state index contributed by atoms with van der Waals surface area (Å²) in [7, 11) is 1.73. The summed E-state index contributed by atoms with van der Waals surface area (Å²) in [6.45, 7) is 2.75. The van der Waals surface area contributed by atoms with Gasteiger partial charge in [0.2, 0.25) is 0 Å². The van der Waals surface area contributed by atoms with E-state index in [0.29, 0.717) is 6.61 Å². The number of nitrogens with zero attached hydrogens (tertiary/aromatic N) is 1. The van der Waals surface area contributed by atoms with Gasteiger partial charge in [0.25, 0.3) is 0 Å². The van der Waals surface area contributed by atoms with Crippen molar-refractivity contribution in [2.24, 2.45) is 28.6 Å². The Morgan fingerprint density at radius 3 is 2.00 bits per heavy atom. The Hall–Kier alpha value is -0.550. The van der Waals surface area contributed by atoms with E-state index in [-0.39, 0.29) is 10.8 Å². The molecule has 0 aromatic carbocycles. The molecule has 0 aromatic rings. The minimum Gasteiger partial charge on any atom is -0.383 e. The summed E-state index contributed by atoms with van der Waals surface area (Å²) >= 11 is 0. The molecule has 0 saturated heterocycles. The van der Waals surface area contributed by atoms with Crippen LogP contribution in [0.2, 0.25) is 0 Å². The van der Waals surface area contributed by atoms with Crippen LogP contribution in [0, 0.1) is 39.9 Å². The number of ether oxygens (including phenoxy) is 1. The van der Waals surface area contributed by atoms with Crippen molar-refractivity contribution >= 4 is 0 Å². The van der Waals surface area contributed by atoms with E-state index in [1.165, 1.54) is 38.5 Å². The van der Waals surface area contributed by atoms with E-state index in [0.717, 1.165) is 17.8 Å². The van der Waals surface area contributed by atoms with E-state index in [1.807, 2.05) is 0 Å². The lowest BCUT2D eigenvalue weighted by Gasteiger charge is -2.61. The van der Waals surface area contributed by atoms with Crippen LogP contribution in [0.3, 0.4) is 0 Å². The summed E-state index contributed by atoms with van der Waals surface area (Å²) in [6.07, 6.45) is 8.17. The van der Waals surface area contributed by atoms with E-state index >= 15 is 0 Å². The normalized spacial score (nSPS) is 46.5. The molecule has 0 N–H and O–H groups in total. The van der Waals surface area contributed by atoms with E-state index < -0.39 is 0 Å². The summed E-state index contributed by atoms with van der Waals surface area (Å²) < 4.78 is 5.36. The Morgan fingerprint density at radius 2 is 1.65 bits per heavy atom. The zero-order valence-electron chi connectivity index (χ0n) is 11.0. The molecule has 0 aliphatic heterocycles. The van der Waals surface area contributed by atoms with Crippen LogP contribution >= 0.6 is 0 Å². The van der Waals surface area contributed by atoms with Crippen LogP contribution in [0.15, 0.2) is 0 Å². The number of rotatable bonds is 3. The second-order valence-corrected chi connectivity index (χ2v) is 7.07. The summed E-state index contributed by atoms with van der Waals surface area (Å²) in [5.41, 5.74) is 0.00424. The number of hydrogen-bond acceptors (Lipinski definition) is 2. The highest BCUT2D eigenvalue weighted by Gasteiger charge is 2.59. The van der Waals surface area contributed by atoms with Gasteiger partial charge in [-0.25, -0.2) is 0 Å². The Morgan fingerprint density at radius 1 is 1.18 bits per heavy atom. The van der Waals surface area contributed by atoms with Crippen LogP contribution in [0.25, 0.3) is 0 Å². The predicted molar refractivity (Wildman–Crippen MR) is 66.2 cm³/mol. The van der Waals surface area contributed by atoms with Crippen LogP contribution in [-0.4, -0.2) is 13.7 Å². The molecule has 0 amide bonds. The van der Waals surface area contributed by atoms with Crippen molar-refractivity contribution in [1.29, 1.82) is 5.26 Å². The van der Waals surface area contributed by atoms with Gasteiger partial charge in [0.05, 0.1) is 18.1 Å². The van der Waals surface area contributed by atoms with Gasteiger partial charge in [-0.05, 0) is 68.6 Å². The fourth-order valence-electron chi connectivity index (χ4n) is 5.38. The molecule has 4 saturated carbocycles. The minimum atomic E-state index is -0.266. The molecule has 17 heavy (non-hydrogen) atoms. The Bertz CT molecular complexity index is 321. The van der Waals surface area contributed by atoms with Gasteiger partial charge >= 0.3 is 0 Å². The van der Waals surface area contributed by atoms with E-state index in [9.17, 15) is 5.26 Å². The van der Waals surface area contributed by atoms with Crippen molar-refractivity contribution in [3.63, 3.8) is 0 Å². The highest BCUT2D eigenvalue weighted by molar-refractivity contribution is 5.14. The van der Waals surface area contributed by atoms with Gasteiger partial charge in [0.1, 0.15) is 0 Å². The third-order valence-corrected chi connectivity index (χ3v) is 5.89. The number of hydrogen-bond donors (Lipinski definition) is 0. The molecule has 0 aromatic heterocycles. The highest BCUT2D eigenvalue weighted by Crippen LogP contribution is 2.65. The van der Waals surface area contributed by atoms with Crippen LogP contribution in [0.1, 0.15) is 45.4 Å². The lowest BCUT2D eigenvalue weighted by atomic mass is 9.43. The molecular formula is C15H23NO. The fourth-order valence-corrected chi connectivity index (χ4v) is 5.38. The van der Waals surface area contributed by atoms with Crippen molar-refractivity contribution in [3.8, 4) is 6.07 Å². The number of nitriles is 1. The molecule has 1 unspecified atom stereocenters. The lowest BCUT2D eigenvalue weighted by molar-refractivity contribution is -0.122. The molecule has 2 nitrogen and oxygen atoms in total. The maximum absolute atomic E-state index is 9.65. The van der Waals surface area contributed by atoms with Gasteiger partial charge in [0, 0.05) is 7.11 Å². The largest absolute Gasteiger partial charge is 0.383 e. The molecule has 4 fully saturated rings. The average Bonchev–Trinajstić information content (AvgIpc) is 2.27. The molecule has 0 radical (unpaired) electrons. The molecule has 0 spiro atoms. The average molecular weight is 233 g/mol. The highest BCUT2D eigenvalue weighted by atomic mass is 16.5. The molecular weight excluding hydrogens is 210 g/mol. The fraction of sp³-hybridized carbons (Fsp3) is 0.933. The predicted octanol–water partition coefficient (Wildman–Crippen LogP) is 3.38. The zero-order valence-corrected chi connectivity index (χ0v) is 11.0. The van der Waals surface area contributed by atoms with E-state index in [4.69, 9.17) is 4.74 Å². The molecule has 4 aliphatic carbocycles. The SMILES string of the molecule is COCC(C)(C#N)C12CC3CC(CC(C3)C1)C2. The van der Waals surface area contributed by atoms with Crippen molar-refractivity contribution in [1.82, 2.24) is 0 Å². The first kappa shape index (κ1) is 11.5. The maximum atomic E-state index is 9.65. The summed E-state index contributed by atoms with van der Waals surface area (Å²) in [5.74, 6) is 2.72. The molecule has 0 heterocycles. The summed E-state index contributed by atoms with van der Waals surface area (Å²) in [6, 6.07) is 2.61. The van der Waals surface area contributed by atoms with Crippen LogP contribution in [-0.2, 0) is 4.74 Å². The quantitative estimate of drug-likeness (QED) is 0.748. The smallest absolute Gasteiger partial charge is 0.0834 e. The zero-order chi connectivity index (χ0) is 12.1. The lowest BCUT2D eigenvalue weighted by Crippen LogP contribution is -2.54. The van der Waals surface area contributed by atoms with Gasteiger partial charge < -0.3 is 4.74 Å². The Kier molecular flexibility index (Phi) is 2.52. The Labute approximate surface area is 104 Å². The van der Waals surface area contributed by atoms with Gasteiger partial charge in [-0.3, -0.25) is 0 Å². The maximum Gasteiger partial charge on any atom is 0.0834 e. The van der Waals surface area contributed by atoms with Gasteiger partial charge in [-0.2, -0.15) is 5.26 Å². The van der Waals surface area contributed by atoms with Gasteiger partial charge in [0.15, 0.2) is 0 Å². The van der Waals surface area contributed by atoms with Crippen molar-refractivity contribution in [2.75, 3.05) is 13.7 Å². The van der Waals surface area contributed by atoms with Crippen molar-refractivity contribution in [3.05, 3.63) is 0 Å². The van der Waals surface area contributed by atoms with Crippen molar-refractivity contribution in [2.45, 2.75) is 45.4 Å². The summed E-state index contributed by atoms with van der Waals surface area (Å²) in [4.78, 5) is 0. The first-order valence-corrected chi connectivity index (χ1v) is 7.01. The second kappa shape index (κ2) is 3.72. The van der Waals surface area contributed by atoms with Crippen LogP contribution in [0.4, 0.5) is 0 Å².